The molecular weight excluding hydrogens is 174 g/mol. The summed E-state index contributed by atoms with van der Waals surface area (Å²) in [6, 6.07) is 0. The van der Waals surface area contributed by atoms with Crippen LogP contribution in [0.2, 0.25) is 0 Å². The van der Waals surface area contributed by atoms with E-state index in [1.807, 2.05) is 0 Å². The van der Waals surface area contributed by atoms with Crippen molar-refractivity contribution >= 4 is 14.7 Å². The molecule has 0 fully saturated rings. The third-order valence-electron chi connectivity index (χ3n) is 0. The van der Waals surface area contributed by atoms with Crippen LogP contribution in [0, 0.1) is 0 Å². The van der Waals surface area contributed by atoms with E-state index in [0.29, 0.717) is 0 Å². The summed E-state index contributed by atoms with van der Waals surface area (Å²) in [5, 5.41) is 0. The smallest absolute Gasteiger partial charge is 0.194 e. The third-order valence-corrected chi connectivity index (χ3v) is 0. The summed E-state index contributed by atoms with van der Waals surface area (Å²) in [7, 11) is -5.28. The molecule has 10 heavy (non-hydrogen) atoms. The van der Waals surface area contributed by atoms with Crippen LogP contribution in [0.4, 0.5) is 0 Å². The number of hydrogen-bond acceptors (Lipinski definition) is 2. The van der Waals surface area contributed by atoms with Crippen molar-refractivity contribution in [3.63, 3.8) is 0 Å². The van der Waals surface area contributed by atoms with E-state index in [-0.39, 0.29) is 0 Å². The van der Waals surface area contributed by atoms with Gasteiger partial charge in [-0.2, -0.15) is 0 Å². The molecular formula is C4H14O4P2. The Labute approximate surface area is 61.2 Å². The van der Waals surface area contributed by atoms with Crippen molar-refractivity contribution in [2.24, 2.45) is 0 Å². The summed E-state index contributed by atoms with van der Waals surface area (Å²) in [5.74, 6) is 0. The van der Waals surface area contributed by atoms with Crippen molar-refractivity contribution in [3.8, 4) is 0 Å². The fraction of sp³-hybridized carbons (Fsp3) is 1.00. The van der Waals surface area contributed by atoms with Crippen LogP contribution in [0.3, 0.4) is 0 Å². The lowest BCUT2D eigenvalue weighted by Crippen LogP contribution is -1.62. The van der Waals surface area contributed by atoms with Crippen molar-refractivity contribution in [1.82, 2.24) is 0 Å². The summed E-state index contributed by atoms with van der Waals surface area (Å²) in [5.41, 5.74) is 0. The molecule has 0 aliphatic rings. The molecule has 4 nitrogen and oxygen atoms in total. The zero-order valence-corrected chi connectivity index (χ0v) is 8.39. The SMILES string of the molecule is CP(C)(=O)O.CP(C)(=O)O. The van der Waals surface area contributed by atoms with Crippen molar-refractivity contribution in [2.75, 3.05) is 26.7 Å². The minimum atomic E-state index is -2.64. The molecule has 0 aromatic heterocycles. The Bertz CT molecular complexity index is 128. The average molecular weight is 188 g/mol. The van der Waals surface area contributed by atoms with E-state index < -0.39 is 14.7 Å². The maximum absolute atomic E-state index is 9.77. The molecule has 0 saturated carbocycles. The van der Waals surface area contributed by atoms with Gasteiger partial charge in [0.1, 0.15) is 0 Å². The van der Waals surface area contributed by atoms with Crippen LogP contribution in [0.25, 0.3) is 0 Å². The average Bonchev–Trinajstić information content (AvgIpc) is 1.12. The van der Waals surface area contributed by atoms with Crippen LogP contribution in [-0.2, 0) is 9.13 Å². The minimum Gasteiger partial charge on any atom is -0.345 e. The molecule has 0 atom stereocenters. The van der Waals surface area contributed by atoms with Crippen LogP contribution in [-0.4, -0.2) is 36.4 Å². The van der Waals surface area contributed by atoms with Gasteiger partial charge in [0.15, 0.2) is 14.7 Å². The Morgan fingerprint density at radius 2 is 0.800 bits per heavy atom. The van der Waals surface area contributed by atoms with Gasteiger partial charge >= 0.3 is 0 Å². The maximum atomic E-state index is 9.77. The normalized spacial score (nSPS) is 11.8. The minimum absolute atomic E-state index is 1.30. The Morgan fingerprint density at radius 3 is 0.800 bits per heavy atom. The van der Waals surface area contributed by atoms with Crippen molar-refractivity contribution in [3.05, 3.63) is 0 Å². The fourth-order valence-electron chi connectivity index (χ4n) is 0. The van der Waals surface area contributed by atoms with Gasteiger partial charge in [0.05, 0.1) is 0 Å². The first kappa shape index (κ1) is 13.0. The third kappa shape index (κ3) is 3160. The highest BCUT2D eigenvalue weighted by atomic mass is 31.2. The molecule has 0 radical (unpaired) electrons. The zero-order chi connectivity index (χ0) is 9.00. The predicted octanol–water partition coefficient (Wildman–Crippen LogP) is 1.03. The molecule has 2 N–H and O–H groups in total. The maximum Gasteiger partial charge on any atom is 0.194 e. The molecule has 64 valence electrons. The van der Waals surface area contributed by atoms with Crippen molar-refractivity contribution < 1.29 is 18.9 Å². The Balaban J connectivity index is 0. The largest absolute Gasteiger partial charge is 0.345 e. The molecule has 0 aliphatic carbocycles. The molecule has 0 heterocycles. The van der Waals surface area contributed by atoms with E-state index in [9.17, 15) is 9.13 Å². The first-order valence-electron chi connectivity index (χ1n) is 2.55. The molecule has 0 unspecified atom stereocenters. The van der Waals surface area contributed by atoms with Crippen LogP contribution >= 0.6 is 14.7 Å². The molecule has 0 aromatic rings. The summed E-state index contributed by atoms with van der Waals surface area (Å²) in [6.45, 7) is 5.19. The van der Waals surface area contributed by atoms with Gasteiger partial charge in [0.25, 0.3) is 0 Å². The van der Waals surface area contributed by atoms with Gasteiger partial charge in [-0.3, -0.25) is 9.13 Å². The highest BCUT2D eigenvalue weighted by molar-refractivity contribution is 7.56. The van der Waals surface area contributed by atoms with Crippen molar-refractivity contribution in [2.45, 2.75) is 0 Å². The standard InChI is InChI=1S/2C2H7O2P/c2*1-5(2,3)4/h2*1-2H3,(H,3,4). The summed E-state index contributed by atoms with van der Waals surface area (Å²) in [4.78, 5) is 16.2. The molecule has 6 heteroatoms. The lowest BCUT2D eigenvalue weighted by molar-refractivity contribution is 0.490. The van der Waals surface area contributed by atoms with Crippen LogP contribution in [0.5, 0.6) is 0 Å². The number of rotatable bonds is 0. The highest BCUT2D eigenvalue weighted by Crippen LogP contribution is 2.27. The van der Waals surface area contributed by atoms with Gasteiger partial charge in [-0.15, -0.1) is 0 Å². The van der Waals surface area contributed by atoms with Gasteiger partial charge in [0.2, 0.25) is 0 Å². The Hall–Kier alpha value is 0.380. The van der Waals surface area contributed by atoms with E-state index in [4.69, 9.17) is 9.79 Å². The predicted molar refractivity (Wildman–Crippen MR) is 43.3 cm³/mol. The summed E-state index contributed by atoms with van der Waals surface area (Å²) < 4.78 is 19.5. The molecule has 0 aromatic carbocycles. The van der Waals surface area contributed by atoms with Crippen molar-refractivity contribution in [1.29, 1.82) is 0 Å². The van der Waals surface area contributed by atoms with Gasteiger partial charge in [-0.1, -0.05) is 0 Å². The first-order valence-corrected chi connectivity index (χ1v) is 7.66. The molecule has 0 rings (SSSR count). The second-order valence-electron chi connectivity index (χ2n) is 2.59. The second kappa shape index (κ2) is 4.30. The number of hydrogen-bond donors (Lipinski definition) is 2. The van der Waals surface area contributed by atoms with Gasteiger partial charge in [-0.05, 0) is 0 Å². The quantitative estimate of drug-likeness (QED) is 0.557. The first-order chi connectivity index (χ1) is 4.00. The van der Waals surface area contributed by atoms with Crippen LogP contribution < -0.4 is 0 Å². The Morgan fingerprint density at radius 1 is 0.800 bits per heavy atom. The lowest BCUT2D eigenvalue weighted by atomic mass is 11.9. The fourth-order valence-corrected chi connectivity index (χ4v) is 0. The highest BCUT2D eigenvalue weighted by Gasteiger charge is 1.92. The molecule has 0 aliphatic heterocycles. The molecule has 0 amide bonds. The van der Waals surface area contributed by atoms with E-state index in [1.54, 1.807) is 0 Å². The van der Waals surface area contributed by atoms with Crippen LogP contribution in [0.1, 0.15) is 0 Å². The topological polar surface area (TPSA) is 74.6 Å². The molecule has 0 spiro atoms. The summed E-state index contributed by atoms with van der Waals surface area (Å²) in [6.07, 6.45) is 0. The Kier molecular flexibility index (Phi) is 5.59. The lowest BCUT2D eigenvalue weighted by Gasteiger charge is -1.86. The molecule has 0 bridgehead atoms. The van der Waals surface area contributed by atoms with E-state index >= 15 is 0 Å². The summed E-state index contributed by atoms with van der Waals surface area (Å²) >= 11 is 0. The van der Waals surface area contributed by atoms with Crippen LogP contribution in [0.15, 0.2) is 0 Å². The molecule has 0 saturated heterocycles. The second-order valence-corrected chi connectivity index (χ2v) is 7.76. The van der Waals surface area contributed by atoms with Gasteiger partial charge in [-0.25, -0.2) is 0 Å². The van der Waals surface area contributed by atoms with Gasteiger partial charge < -0.3 is 9.79 Å². The van der Waals surface area contributed by atoms with E-state index in [0.717, 1.165) is 0 Å². The van der Waals surface area contributed by atoms with E-state index in [1.165, 1.54) is 26.7 Å². The monoisotopic (exact) mass is 188 g/mol. The zero-order valence-electron chi connectivity index (χ0n) is 6.61. The van der Waals surface area contributed by atoms with E-state index in [2.05, 4.69) is 0 Å². The van der Waals surface area contributed by atoms with Gasteiger partial charge in [0, 0.05) is 26.7 Å².